The maximum Gasteiger partial charge on any atom is 0.309 e. The van der Waals surface area contributed by atoms with Gasteiger partial charge in [-0.05, 0) is 26.0 Å². The van der Waals surface area contributed by atoms with Crippen LogP contribution in [0.1, 0.15) is 36.0 Å². The average Bonchev–Trinajstić information content (AvgIpc) is 3.11. The molecule has 0 radical (unpaired) electrons. The summed E-state index contributed by atoms with van der Waals surface area (Å²) in [4.78, 5) is 30.1. The monoisotopic (exact) mass is 402 g/mol. The van der Waals surface area contributed by atoms with Gasteiger partial charge in [-0.1, -0.05) is 17.7 Å². The maximum atomic E-state index is 12.2. The third kappa shape index (κ3) is 5.87. The third-order valence-electron chi connectivity index (χ3n) is 4.99. The maximum absolute atomic E-state index is 12.2. The summed E-state index contributed by atoms with van der Waals surface area (Å²) >= 11 is 1.53. The summed E-state index contributed by atoms with van der Waals surface area (Å²) in [5, 5.41) is 5.79. The number of carbonyl (C=O) groups excluding carboxylic acids is 2. The number of benzene rings is 1. The van der Waals surface area contributed by atoms with Crippen molar-refractivity contribution in [3.63, 3.8) is 0 Å². The minimum absolute atomic E-state index is 0.0418. The van der Waals surface area contributed by atoms with E-state index in [-0.39, 0.29) is 17.8 Å². The van der Waals surface area contributed by atoms with Crippen LogP contribution in [0.2, 0.25) is 0 Å². The molecule has 2 heterocycles. The molecular formula is C21H28N3O3S+. The number of carbonyl (C=O) groups is 2. The molecule has 6 nitrogen and oxygen atoms in total. The number of aromatic nitrogens is 1. The van der Waals surface area contributed by atoms with E-state index < -0.39 is 0 Å². The SMILES string of the molecule is CCOC(=O)C1CC[NH+](Cc2csc(CC(=O)Nc3ccc(C)cc3)n2)CC1. The molecule has 2 N–H and O–H groups in total. The van der Waals surface area contributed by atoms with Crippen molar-refractivity contribution in [3.05, 3.63) is 45.9 Å². The predicted octanol–water partition coefficient (Wildman–Crippen LogP) is 1.99. The molecule has 150 valence electrons. The Morgan fingerprint density at radius 2 is 1.96 bits per heavy atom. The highest BCUT2D eigenvalue weighted by Crippen LogP contribution is 2.14. The lowest BCUT2D eigenvalue weighted by atomic mass is 9.97. The van der Waals surface area contributed by atoms with Gasteiger partial charge in [0.25, 0.3) is 0 Å². The standard InChI is InChI=1S/C21H27N3O3S/c1-3-27-21(26)16-8-10-24(11-9-16)13-18-14-28-20(23-18)12-19(25)22-17-6-4-15(2)5-7-17/h4-7,14,16H,3,8-13H2,1-2H3,(H,22,25)/p+1. The quantitative estimate of drug-likeness (QED) is 0.695. The summed E-state index contributed by atoms with van der Waals surface area (Å²) in [6.45, 7) is 7.05. The van der Waals surface area contributed by atoms with Crippen molar-refractivity contribution < 1.29 is 19.2 Å². The Bertz CT molecular complexity index is 795. The molecule has 1 aromatic heterocycles. The molecule has 1 saturated heterocycles. The van der Waals surface area contributed by atoms with Gasteiger partial charge in [-0.15, -0.1) is 11.3 Å². The Morgan fingerprint density at radius 3 is 2.64 bits per heavy atom. The van der Waals surface area contributed by atoms with Gasteiger partial charge in [-0.3, -0.25) is 9.59 Å². The molecule has 1 aliphatic heterocycles. The van der Waals surface area contributed by atoms with Crippen molar-refractivity contribution in [2.75, 3.05) is 25.0 Å². The van der Waals surface area contributed by atoms with Gasteiger partial charge in [0.1, 0.15) is 17.2 Å². The Balaban J connectivity index is 1.45. The highest BCUT2D eigenvalue weighted by atomic mass is 32.1. The summed E-state index contributed by atoms with van der Waals surface area (Å²) in [5.41, 5.74) is 2.99. The molecule has 3 rings (SSSR count). The van der Waals surface area contributed by atoms with Crippen LogP contribution in [0, 0.1) is 12.8 Å². The first-order valence-electron chi connectivity index (χ1n) is 9.83. The van der Waals surface area contributed by atoms with E-state index in [1.807, 2.05) is 43.5 Å². The number of thiazole rings is 1. The average molecular weight is 403 g/mol. The normalized spacial score (nSPS) is 19.2. The molecule has 0 bridgehead atoms. The number of nitrogens with one attached hydrogen (secondary N) is 2. The van der Waals surface area contributed by atoms with E-state index in [0.29, 0.717) is 13.0 Å². The van der Waals surface area contributed by atoms with Crippen molar-refractivity contribution in [3.8, 4) is 0 Å². The molecule has 0 atom stereocenters. The molecular weight excluding hydrogens is 374 g/mol. The molecule has 7 heteroatoms. The number of likely N-dealkylation sites (tertiary alicyclic amines) is 1. The number of rotatable bonds is 7. The Hall–Kier alpha value is -2.25. The molecule has 1 fully saturated rings. The zero-order valence-corrected chi connectivity index (χ0v) is 17.3. The van der Waals surface area contributed by atoms with E-state index >= 15 is 0 Å². The zero-order chi connectivity index (χ0) is 19.9. The number of piperidine rings is 1. The number of ether oxygens (including phenoxy) is 1. The molecule has 1 aliphatic rings. The van der Waals surface area contributed by atoms with Crippen LogP contribution in [0.5, 0.6) is 0 Å². The number of quaternary nitrogens is 1. The minimum Gasteiger partial charge on any atom is -0.466 e. The number of aryl methyl sites for hydroxylation is 1. The third-order valence-corrected chi connectivity index (χ3v) is 5.89. The van der Waals surface area contributed by atoms with Gasteiger partial charge in [0.05, 0.1) is 32.0 Å². The summed E-state index contributed by atoms with van der Waals surface area (Å²) < 4.78 is 5.13. The second-order valence-corrected chi connectivity index (χ2v) is 8.22. The molecule has 0 aliphatic carbocycles. The number of hydrogen-bond donors (Lipinski definition) is 2. The van der Waals surface area contributed by atoms with Crippen molar-refractivity contribution >= 4 is 28.9 Å². The van der Waals surface area contributed by atoms with Crippen LogP contribution in [0.4, 0.5) is 5.69 Å². The first-order valence-corrected chi connectivity index (χ1v) is 10.7. The number of esters is 1. The summed E-state index contributed by atoms with van der Waals surface area (Å²) in [5.74, 6) is -0.0652. The van der Waals surface area contributed by atoms with E-state index in [1.54, 1.807) is 0 Å². The van der Waals surface area contributed by atoms with Crippen molar-refractivity contribution in [1.82, 2.24) is 4.98 Å². The van der Waals surface area contributed by atoms with Crippen molar-refractivity contribution in [2.45, 2.75) is 39.7 Å². The fourth-order valence-corrected chi connectivity index (χ4v) is 4.24. The molecule has 1 amide bonds. The number of anilines is 1. The molecule has 0 spiro atoms. The van der Waals surface area contributed by atoms with Gasteiger partial charge in [-0.25, -0.2) is 4.98 Å². The number of nitrogens with zero attached hydrogens (tertiary/aromatic N) is 1. The van der Waals surface area contributed by atoms with Crippen LogP contribution >= 0.6 is 11.3 Å². The topological polar surface area (TPSA) is 72.7 Å². The van der Waals surface area contributed by atoms with Crippen molar-refractivity contribution in [2.24, 2.45) is 5.92 Å². The van der Waals surface area contributed by atoms with Gasteiger partial charge in [0.15, 0.2) is 0 Å². The lowest BCUT2D eigenvalue weighted by Gasteiger charge is -2.27. The van der Waals surface area contributed by atoms with Crippen molar-refractivity contribution in [1.29, 1.82) is 0 Å². The zero-order valence-electron chi connectivity index (χ0n) is 16.5. The lowest BCUT2D eigenvalue weighted by molar-refractivity contribution is -0.919. The highest BCUT2D eigenvalue weighted by Gasteiger charge is 2.28. The first-order chi connectivity index (χ1) is 13.5. The summed E-state index contributed by atoms with van der Waals surface area (Å²) in [6.07, 6.45) is 2.02. The fourth-order valence-electron chi connectivity index (χ4n) is 3.45. The molecule has 1 aromatic carbocycles. The molecule has 0 unspecified atom stereocenters. The first kappa shape index (κ1) is 20.5. The van der Waals surface area contributed by atoms with E-state index in [9.17, 15) is 9.59 Å². The minimum atomic E-state index is -0.0583. The van der Waals surface area contributed by atoms with Crippen LogP contribution in [-0.4, -0.2) is 36.6 Å². The number of hydrogen-bond acceptors (Lipinski definition) is 5. The van der Waals surface area contributed by atoms with Gasteiger partial charge < -0.3 is 15.0 Å². The Morgan fingerprint density at radius 1 is 1.25 bits per heavy atom. The van der Waals surface area contributed by atoms with E-state index in [0.717, 1.165) is 54.4 Å². The van der Waals surface area contributed by atoms with Crippen LogP contribution < -0.4 is 10.2 Å². The Labute approximate surface area is 169 Å². The van der Waals surface area contributed by atoms with Crippen LogP contribution in [-0.2, 0) is 27.3 Å². The molecule has 28 heavy (non-hydrogen) atoms. The van der Waals surface area contributed by atoms with Gasteiger partial charge in [-0.2, -0.15) is 0 Å². The summed E-state index contributed by atoms with van der Waals surface area (Å²) in [6, 6.07) is 7.77. The number of amides is 1. The van der Waals surface area contributed by atoms with Gasteiger partial charge >= 0.3 is 5.97 Å². The summed E-state index contributed by atoms with van der Waals surface area (Å²) in [7, 11) is 0. The smallest absolute Gasteiger partial charge is 0.309 e. The largest absolute Gasteiger partial charge is 0.466 e. The van der Waals surface area contributed by atoms with E-state index in [2.05, 4.69) is 10.3 Å². The van der Waals surface area contributed by atoms with Gasteiger partial charge in [0, 0.05) is 23.9 Å². The van der Waals surface area contributed by atoms with Crippen LogP contribution in [0.15, 0.2) is 29.6 Å². The second kappa shape index (κ2) is 9.80. The predicted molar refractivity (Wildman–Crippen MR) is 109 cm³/mol. The fraction of sp³-hybridized carbons (Fsp3) is 0.476. The molecule has 0 saturated carbocycles. The van der Waals surface area contributed by atoms with E-state index in [4.69, 9.17) is 4.74 Å². The van der Waals surface area contributed by atoms with Gasteiger partial charge in [0.2, 0.25) is 5.91 Å². The second-order valence-electron chi connectivity index (χ2n) is 7.28. The Kier molecular flexibility index (Phi) is 7.17. The van der Waals surface area contributed by atoms with E-state index in [1.165, 1.54) is 16.2 Å². The van der Waals surface area contributed by atoms with Crippen LogP contribution in [0.3, 0.4) is 0 Å². The highest BCUT2D eigenvalue weighted by molar-refractivity contribution is 7.09. The molecule has 2 aromatic rings. The van der Waals surface area contributed by atoms with Crippen LogP contribution in [0.25, 0.3) is 0 Å². The lowest BCUT2D eigenvalue weighted by Crippen LogP contribution is -3.11.